The lowest BCUT2D eigenvalue weighted by Gasteiger charge is -2.10. The Labute approximate surface area is 134 Å². The second-order valence-electron chi connectivity index (χ2n) is 3.78. The summed E-state index contributed by atoms with van der Waals surface area (Å²) >= 11 is 15.4. The fraction of sp³-hybridized carbons (Fsp3) is 0.154. The molecule has 20 heavy (non-hydrogen) atoms. The number of rotatable bonds is 4. The third-order valence-electron chi connectivity index (χ3n) is 2.33. The van der Waals surface area contributed by atoms with Gasteiger partial charge in [0, 0.05) is 16.6 Å². The maximum absolute atomic E-state index is 6.09. The van der Waals surface area contributed by atoms with E-state index in [2.05, 4.69) is 20.9 Å². The molecule has 0 fully saturated rings. The Morgan fingerprint density at radius 3 is 2.70 bits per heavy atom. The van der Waals surface area contributed by atoms with Crippen molar-refractivity contribution in [1.29, 1.82) is 0 Å². The molecule has 1 aromatic heterocycles. The van der Waals surface area contributed by atoms with Gasteiger partial charge < -0.3 is 15.2 Å². The number of hydrogen-bond acceptors (Lipinski definition) is 4. The highest BCUT2D eigenvalue weighted by Crippen LogP contribution is 2.36. The van der Waals surface area contributed by atoms with Crippen LogP contribution in [0.25, 0.3) is 0 Å². The summed E-state index contributed by atoms with van der Waals surface area (Å²) in [5, 5.41) is 0.905. The zero-order valence-corrected chi connectivity index (χ0v) is 13.6. The molecule has 0 aliphatic heterocycles. The smallest absolute Gasteiger partial charge is 0.240 e. The van der Waals surface area contributed by atoms with Crippen LogP contribution in [0.4, 0.5) is 5.69 Å². The van der Waals surface area contributed by atoms with Crippen molar-refractivity contribution in [2.45, 2.75) is 6.92 Å². The molecule has 2 rings (SSSR count). The van der Waals surface area contributed by atoms with Crippen molar-refractivity contribution >= 4 is 44.8 Å². The highest BCUT2D eigenvalue weighted by molar-refractivity contribution is 9.10. The Balaban J connectivity index is 2.30. The normalized spacial score (nSPS) is 10.4. The fourth-order valence-corrected chi connectivity index (χ4v) is 2.27. The average molecular weight is 378 g/mol. The van der Waals surface area contributed by atoms with Crippen molar-refractivity contribution in [2.24, 2.45) is 0 Å². The summed E-state index contributed by atoms with van der Waals surface area (Å²) in [7, 11) is 0. The van der Waals surface area contributed by atoms with Crippen LogP contribution in [0.2, 0.25) is 10.0 Å². The molecule has 1 aromatic carbocycles. The van der Waals surface area contributed by atoms with Crippen LogP contribution in [0.15, 0.2) is 28.7 Å². The molecule has 106 valence electrons. The zero-order valence-electron chi connectivity index (χ0n) is 10.5. The van der Waals surface area contributed by atoms with E-state index >= 15 is 0 Å². The van der Waals surface area contributed by atoms with Gasteiger partial charge in [0.05, 0.1) is 22.3 Å². The van der Waals surface area contributed by atoms with Gasteiger partial charge in [-0.05, 0) is 35.0 Å². The summed E-state index contributed by atoms with van der Waals surface area (Å²) in [6.45, 7) is 2.31. The van der Waals surface area contributed by atoms with Gasteiger partial charge in [-0.15, -0.1) is 0 Å². The van der Waals surface area contributed by atoms with E-state index in [1.165, 1.54) is 0 Å². The number of nitrogens with zero attached hydrogens (tertiary/aromatic N) is 1. The molecule has 4 nitrogen and oxygen atoms in total. The molecule has 0 bridgehead atoms. The maximum atomic E-state index is 6.09. The highest BCUT2D eigenvalue weighted by Gasteiger charge is 2.10. The summed E-state index contributed by atoms with van der Waals surface area (Å²) in [5.41, 5.74) is 6.19. The minimum atomic E-state index is 0.322. The Morgan fingerprint density at radius 2 is 2.00 bits per heavy atom. The minimum Gasteiger partial charge on any atom is -0.476 e. The molecule has 0 unspecified atom stereocenters. The molecule has 1 heterocycles. The van der Waals surface area contributed by atoms with Crippen LogP contribution in [0.3, 0.4) is 0 Å². The average Bonchev–Trinajstić information content (AvgIpc) is 2.40. The largest absolute Gasteiger partial charge is 0.476 e. The lowest BCUT2D eigenvalue weighted by atomic mass is 10.3. The van der Waals surface area contributed by atoms with E-state index in [4.69, 9.17) is 38.4 Å². The third kappa shape index (κ3) is 3.48. The summed E-state index contributed by atoms with van der Waals surface area (Å²) in [5.74, 6) is 1.05. The van der Waals surface area contributed by atoms with Crippen LogP contribution in [-0.4, -0.2) is 11.6 Å². The number of ether oxygens (including phenoxy) is 2. The fourth-order valence-electron chi connectivity index (χ4n) is 1.44. The Morgan fingerprint density at radius 1 is 1.25 bits per heavy atom. The topological polar surface area (TPSA) is 57.4 Å². The lowest BCUT2D eigenvalue weighted by molar-refractivity contribution is 0.323. The van der Waals surface area contributed by atoms with E-state index in [0.29, 0.717) is 44.3 Å². The summed E-state index contributed by atoms with van der Waals surface area (Å²) in [6.07, 6.45) is 0. The second-order valence-corrected chi connectivity index (χ2v) is 5.44. The number of nitrogens with two attached hydrogens (primary N) is 1. The lowest BCUT2D eigenvalue weighted by Crippen LogP contribution is -2.00. The number of benzene rings is 1. The molecule has 2 aromatic rings. The van der Waals surface area contributed by atoms with Crippen LogP contribution in [-0.2, 0) is 0 Å². The molecule has 7 heteroatoms. The first-order chi connectivity index (χ1) is 9.51. The number of nitrogen functional groups attached to an aromatic ring is 1. The molecule has 0 spiro atoms. The predicted molar refractivity (Wildman–Crippen MR) is 84.1 cm³/mol. The van der Waals surface area contributed by atoms with Gasteiger partial charge >= 0.3 is 0 Å². The van der Waals surface area contributed by atoms with Crippen molar-refractivity contribution in [3.8, 4) is 17.5 Å². The molecule has 0 atom stereocenters. The third-order valence-corrected chi connectivity index (χ3v) is 3.83. The van der Waals surface area contributed by atoms with E-state index in [0.717, 1.165) is 0 Å². The predicted octanol–water partition coefficient (Wildman–Crippen LogP) is 4.92. The number of pyridine rings is 1. The van der Waals surface area contributed by atoms with Crippen LogP contribution in [0.5, 0.6) is 17.5 Å². The minimum absolute atomic E-state index is 0.322. The molecule has 0 amide bonds. The SMILES string of the molecule is CCOc1nc(Oc2cc(Cl)c(Br)cc2Cl)ccc1N. The molecule has 0 saturated carbocycles. The Bertz CT molecular complexity index is 638. The Kier molecular flexibility index (Phi) is 4.96. The molecule has 2 N–H and O–H groups in total. The quantitative estimate of drug-likeness (QED) is 0.768. The van der Waals surface area contributed by atoms with Crippen molar-refractivity contribution in [2.75, 3.05) is 12.3 Å². The van der Waals surface area contributed by atoms with Gasteiger partial charge in [0.2, 0.25) is 11.8 Å². The summed E-state index contributed by atoms with van der Waals surface area (Å²) < 4.78 is 11.6. The first-order valence-corrected chi connectivity index (χ1v) is 7.28. The van der Waals surface area contributed by atoms with Crippen LogP contribution in [0.1, 0.15) is 6.92 Å². The molecule has 0 saturated heterocycles. The van der Waals surface area contributed by atoms with Crippen LogP contribution < -0.4 is 15.2 Å². The molecule has 0 aliphatic rings. The van der Waals surface area contributed by atoms with E-state index < -0.39 is 0 Å². The molecule has 0 radical (unpaired) electrons. The first kappa shape index (κ1) is 15.2. The van der Waals surface area contributed by atoms with Gasteiger partial charge in [-0.1, -0.05) is 23.2 Å². The number of halogens is 3. The maximum Gasteiger partial charge on any atom is 0.240 e. The van der Waals surface area contributed by atoms with E-state index in [9.17, 15) is 0 Å². The van der Waals surface area contributed by atoms with E-state index in [1.807, 2.05) is 6.92 Å². The molecular formula is C13H11BrCl2N2O2. The van der Waals surface area contributed by atoms with Crippen LogP contribution >= 0.6 is 39.1 Å². The number of anilines is 1. The van der Waals surface area contributed by atoms with Crippen LogP contribution in [0, 0.1) is 0 Å². The monoisotopic (exact) mass is 376 g/mol. The van der Waals surface area contributed by atoms with Gasteiger partial charge in [-0.25, -0.2) is 0 Å². The van der Waals surface area contributed by atoms with Gasteiger partial charge in [0.15, 0.2) is 0 Å². The number of hydrogen-bond donors (Lipinski definition) is 1. The van der Waals surface area contributed by atoms with Crippen molar-refractivity contribution < 1.29 is 9.47 Å². The summed E-state index contributed by atoms with van der Waals surface area (Å²) in [4.78, 5) is 4.17. The highest BCUT2D eigenvalue weighted by atomic mass is 79.9. The van der Waals surface area contributed by atoms with Crippen molar-refractivity contribution in [1.82, 2.24) is 4.98 Å². The van der Waals surface area contributed by atoms with Gasteiger partial charge in [-0.2, -0.15) is 4.98 Å². The second kappa shape index (κ2) is 6.52. The van der Waals surface area contributed by atoms with Gasteiger partial charge in [-0.3, -0.25) is 0 Å². The van der Waals surface area contributed by atoms with Crippen molar-refractivity contribution in [3.63, 3.8) is 0 Å². The van der Waals surface area contributed by atoms with E-state index in [1.54, 1.807) is 24.3 Å². The standard InChI is InChI=1S/C13H11BrCl2N2O2/c1-2-19-13-10(17)3-4-12(18-13)20-11-6-8(15)7(14)5-9(11)16/h3-6H,2,17H2,1H3. The van der Waals surface area contributed by atoms with E-state index in [-0.39, 0.29) is 0 Å². The summed E-state index contributed by atoms with van der Waals surface area (Å²) in [6, 6.07) is 6.54. The van der Waals surface area contributed by atoms with Gasteiger partial charge in [0.25, 0.3) is 0 Å². The Hall–Kier alpha value is -1.17. The molecule has 0 aliphatic carbocycles. The zero-order chi connectivity index (χ0) is 14.7. The van der Waals surface area contributed by atoms with Gasteiger partial charge in [0.1, 0.15) is 5.75 Å². The molecular weight excluding hydrogens is 367 g/mol. The first-order valence-electron chi connectivity index (χ1n) is 5.73. The van der Waals surface area contributed by atoms with Crippen molar-refractivity contribution in [3.05, 3.63) is 38.8 Å². The number of aromatic nitrogens is 1.